The summed E-state index contributed by atoms with van der Waals surface area (Å²) >= 11 is 0. The lowest BCUT2D eigenvalue weighted by molar-refractivity contribution is 0.0212. The van der Waals surface area contributed by atoms with Crippen LogP contribution in [0.4, 0.5) is 0 Å². The van der Waals surface area contributed by atoms with E-state index in [-0.39, 0.29) is 22.2 Å². The monoisotopic (exact) mass is 514 g/mol. The Morgan fingerprint density at radius 2 is 0.921 bits per heavy atom. The fraction of sp³-hybridized carbons (Fsp3) is 0.471. The van der Waals surface area contributed by atoms with Gasteiger partial charge >= 0.3 is 7.32 Å². The van der Waals surface area contributed by atoms with Crippen LogP contribution >= 0.6 is 0 Å². The van der Waals surface area contributed by atoms with E-state index in [1.165, 1.54) is 5.56 Å². The van der Waals surface area contributed by atoms with Gasteiger partial charge in [0.25, 0.3) is 0 Å². The lowest BCUT2D eigenvalue weighted by Gasteiger charge is -2.47. The Balaban J connectivity index is 2.63. The standard InChI is InChI=1S/C34H47BO3/c1-11-25(24-18-12-13-19-26(24)31(2,3)4)34(38-35(36)37,29-22-16-14-20-27(29)32(5,6)7)30-23-17-15-21-28(30)33(8,9)10/h12-23,25,36-37H,11H2,1-10H3. The van der Waals surface area contributed by atoms with E-state index in [1.807, 2.05) is 12.1 Å². The van der Waals surface area contributed by atoms with E-state index in [4.69, 9.17) is 4.65 Å². The van der Waals surface area contributed by atoms with Crippen molar-refractivity contribution >= 4 is 7.32 Å². The molecule has 0 aliphatic heterocycles. The van der Waals surface area contributed by atoms with E-state index in [1.54, 1.807) is 0 Å². The van der Waals surface area contributed by atoms with Gasteiger partial charge in [0.1, 0.15) is 5.60 Å². The fourth-order valence-corrected chi connectivity index (χ4v) is 6.03. The molecule has 2 N–H and O–H groups in total. The molecule has 0 amide bonds. The minimum atomic E-state index is -1.97. The summed E-state index contributed by atoms with van der Waals surface area (Å²) in [6.07, 6.45) is 0.733. The fourth-order valence-electron chi connectivity index (χ4n) is 6.03. The van der Waals surface area contributed by atoms with Crippen molar-refractivity contribution in [1.29, 1.82) is 0 Å². The molecule has 0 saturated heterocycles. The second kappa shape index (κ2) is 11.0. The van der Waals surface area contributed by atoms with Crippen LogP contribution in [0.5, 0.6) is 0 Å². The number of hydrogen-bond donors (Lipinski definition) is 2. The Bertz CT molecular complexity index is 1170. The first kappa shape index (κ1) is 30.2. The number of hydrogen-bond acceptors (Lipinski definition) is 3. The van der Waals surface area contributed by atoms with Crippen LogP contribution in [0.25, 0.3) is 0 Å². The van der Waals surface area contributed by atoms with E-state index in [0.29, 0.717) is 0 Å². The van der Waals surface area contributed by atoms with Gasteiger partial charge in [-0.2, -0.15) is 0 Å². The minimum absolute atomic E-state index is 0.110. The zero-order valence-electron chi connectivity index (χ0n) is 25.1. The van der Waals surface area contributed by atoms with Crippen LogP contribution in [-0.4, -0.2) is 17.4 Å². The van der Waals surface area contributed by atoms with Crippen LogP contribution in [0.2, 0.25) is 0 Å². The Morgan fingerprint density at radius 3 is 1.26 bits per heavy atom. The van der Waals surface area contributed by atoms with E-state index < -0.39 is 12.9 Å². The van der Waals surface area contributed by atoms with Crippen LogP contribution in [0, 0.1) is 0 Å². The summed E-state index contributed by atoms with van der Waals surface area (Å²) < 4.78 is 6.57. The Labute approximate surface area is 231 Å². The van der Waals surface area contributed by atoms with E-state index in [2.05, 4.69) is 130 Å². The maximum absolute atomic E-state index is 10.7. The first-order valence-corrected chi connectivity index (χ1v) is 13.9. The molecular weight excluding hydrogens is 467 g/mol. The molecule has 4 heteroatoms. The van der Waals surface area contributed by atoms with Crippen molar-refractivity contribution in [2.75, 3.05) is 0 Å². The van der Waals surface area contributed by atoms with Crippen LogP contribution < -0.4 is 0 Å². The molecule has 0 radical (unpaired) electrons. The van der Waals surface area contributed by atoms with Gasteiger partial charge in [0.2, 0.25) is 0 Å². The van der Waals surface area contributed by atoms with Crippen LogP contribution in [0.15, 0.2) is 72.8 Å². The summed E-state index contributed by atoms with van der Waals surface area (Å²) in [7, 11) is -1.97. The molecule has 0 heterocycles. The van der Waals surface area contributed by atoms with E-state index in [0.717, 1.165) is 34.2 Å². The van der Waals surface area contributed by atoms with Crippen molar-refractivity contribution in [3.63, 3.8) is 0 Å². The average Bonchev–Trinajstić information content (AvgIpc) is 2.82. The highest BCUT2D eigenvalue weighted by atomic mass is 16.6. The van der Waals surface area contributed by atoms with E-state index in [9.17, 15) is 10.0 Å². The largest absolute Gasteiger partial charge is 0.634 e. The van der Waals surface area contributed by atoms with Crippen molar-refractivity contribution in [3.8, 4) is 0 Å². The topological polar surface area (TPSA) is 49.7 Å². The molecular formula is C34H47BO3. The van der Waals surface area contributed by atoms with Gasteiger partial charge in [0.15, 0.2) is 0 Å². The predicted molar refractivity (Wildman–Crippen MR) is 161 cm³/mol. The third-order valence-corrected chi connectivity index (χ3v) is 7.60. The molecule has 3 aromatic carbocycles. The molecule has 38 heavy (non-hydrogen) atoms. The first-order chi connectivity index (χ1) is 17.5. The highest BCUT2D eigenvalue weighted by Crippen LogP contribution is 2.53. The SMILES string of the molecule is CCC(c1ccccc1C(C)(C)C)C(OB(O)O)(c1ccccc1C(C)(C)C)c1ccccc1C(C)(C)C. The normalized spacial score (nSPS) is 13.9. The molecule has 3 aromatic rings. The maximum atomic E-state index is 10.7. The molecule has 3 nitrogen and oxygen atoms in total. The summed E-state index contributed by atoms with van der Waals surface area (Å²) in [4.78, 5) is 0. The van der Waals surface area contributed by atoms with Crippen molar-refractivity contribution in [3.05, 3.63) is 106 Å². The van der Waals surface area contributed by atoms with Crippen molar-refractivity contribution in [2.24, 2.45) is 0 Å². The van der Waals surface area contributed by atoms with Crippen molar-refractivity contribution in [2.45, 2.75) is 103 Å². The van der Waals surface area contributed by atoms with Gasteiger partial charge in [0.05, 0.1) is 0 Å². The van der Waals surface area contributed by atoms with Crippen LogP contribution in [0.3, 0.4) is 0 Å². The summed E-state index contributed by atoms with van der Waals surface area (Å²) in [5.41, 5.74) is 4.88. The third kappa shape index (κ3) is 5.93. The Kier molecular flexibility index (Phi) is 8.73. The van der Waals surface area contributed by atoms with Gasteiger partial charge in [-0.25, -0.2) is 0 Å². The molecule has 0 bridgehead atoms. The molecule has 0 fully saturated rings. The van der Waals surface area contributed by atoms with Gasteiger partial charge < -0.3 is 14.7 Å². The lowest BCUT2D eigenvalue weighted by Crippen LogP contribution is -2.46. The lowest BCUT2D eigenvalue weighted by atomic mass is 9.63. The quantitative estimate of drug-likeness (QED) is 0.314. The Morgan fingerprint density at radius 1 is 0.579 bits per heavy atom. The number of benzene rings is 3. The smallest absolute Gasteiger partial charge is 0.402 e. The molecule has 1 unspecified atom stereocenters. The molecule has 1 atom stereocenters. The summed E-state index contributed by atoms with van der Waals surface area (Å²) in [6.45, 7) is 22.1. The predicted octanol–water partition coefficient (Wildman–Crippen LogP) is 8.00. The molecule has 0 aliphatic rings. The van der Waals surface area contributed by atoms with Gasteiger partial charge in [-0.3, -0.25) is 0 Å². The maximum Gasteiger partial charge on any atom is 0.634 e. The van der Waals surface area contributed by atoms with Crippen molar-refractivity contribution < 1.29 is 14.7 Å². The summed E-state index contributed by atoms with van der Waals surface area (Å²) in [5.74, 6) is -0.202. The molecule has 0 spiro atoms. The summed E-state index contributed by atoms with van der Waals surface area (Å²) in [6, 6.07) is 25.3. The zero-order valence-corrected chi connectivity index (χ0v) is 25.1. The molecule has 3 rings (SSSR count). The van der Waals surface area contributed by atoms with Crippen molar-refractivity contribution in [1.82, 2.24) is 0 Å². The molecule has 0 saturated carbocycles. The summed E-state index contributed by atoms with van der Waals surface area (Å²) in [5, 5.41) is 21.3. The first-order valence-electron chi connectivity index (χ1n) is 13.9. The van der Waals surface area contributed by atoms with Crippen LogP contribution in [-0.2, 0) is 26.5 Å². The molecule has 0 aliphatic carbocycles. The van der Waals surface area contributed by atoms with Gasteiger partial charge in [-0.1, -0.05) is 142 Å². The zero-order chi connectivity index (χ0) is 28.5. The Hall–Kier alpha value is -2.40. The molecule has 0 aromatic heterocycles. The van der Waals surface area contributed by atoms with E-state index >= 15 is 0 Å². The van der Waals surface area contributed by atoms with Gasteiger partial charge in [-0.15, -0.1) is 0 Å². The second-order valence-electron chi connectivity index (χ2n) is 13.6. The minimum Gasteiger partial charge on any atom is -0.402 e. The van der Waals surface area contributed by atoms with Gasteiger partial charge in [-0.05, 0) is 56.0 Å². The highest BCUT2D eigenvalue weighted by molar-refractivity contribution is 6.33. The average molecular weight is 515 g/mol. The second-order valence-corrected chi connectivity index (χ2v) is 13.6. The number of rotatable bonds is 7. The highest BCUT2D eigenvalue weighted by Gasteiger charge is 2.50. The third-order valence-electron chi connectivity index (χ3n) is 7.60. The van der Waals surface area contributed by atoms with Gasteiger partial charge in [0, 0.05) is 5.92 Å². The van der Waals surface area contributed by atoms with Crippen LogP contribution in [0.1, 0.15) is 115 Å². The molecule has 204 valence electrons.